The summed E-state index contributed by atoms with van der Waals surface area (Å²) in [7, 11) is -7.87. The van der Waals surface area contributed by atoms with E-state index in [4.69, 9.17) is 13.1 Å². The summed E-state index contributed by atoms with van der Waals surface area (Å²) in [5.41, 5.74) is 6.20. The highest BCUT2D eigenvalue weighted by Gasteiger charge is 2.20. The fraction of sp³-hybridized carbons (Fsp3) is 0.182. The molecule has 0 heterocycles. The number of rotatable bonds is 12. The van der Waals surface area contributed by atoms with Gasteiger partial charge in [-0.2, -0.15) is 16.8 Å². The van der Waals surface area contributed by atoms with Crippen molar-refractivity contribution in [3.63, 3.8) is 0 Å². The van der Waals surface area contributed by atoms with Crippen LogP contribution in [0, 0.1) is 13.8 Å². The third-order valence-electron chi connectivity index (χ3n) is 8.10. The Morgan fingerprint density at radius 2 is 0.945 bits per heavy atom. The predicted octanol–water partition coefficient (Wildman–Crippen LogP) is 10.5. The first kappa shape index (κ1) is 42.6. The molecule has 0 saturated carbocycles. The Labute approximate surface area is 333 Å². The summed E-state index contributed by atoms with van der Waals surface area (Å²) in [5.74, 6) is 0.348. The molecule has 0 aliphatic rings. The van der Waals surface area contributed by atoms with Crippen molar-refractivity contribution < 1.29 is 35.0 Å². The molecule has 0 amide bonds. The van der Waals surface area contributed by atoms with Crippen molar-refractivity contribution >= 4 is 36.2 Å². The molecule has 55 heavy (non-hydrogen) atoms. The first-order chi connectivity index (χ1) is 26.3. The van der Waals surface area contributed by atoms with Crippen molar-refractivity contribution in [2.45, 2.75) is 62.3 Å². The van der Waals surface area contributed by atoms with Crippen molar-refractivity contribution in [1.82, 2.24) is 0 Å². The van der Waals surface area contributed by atoms with Crippen molar-refractivity contribution in [2.24, 2.45) is 0 Å². The van der Waals surface area contributed by atoms with E-state index in [0.29, 0.717) is 12.4 Å². The van der Waals surface area contributed by atoms with E-state index in [1.807, 2.05) is 88.4 Å². The SMILES string of the molecule is BrCc1ccccc1.CCc1ccc(OS(=O)(=O)c2ccc(C)cc2)c(O)c1.CCc1ccc(OS(=O)(=O)c2ccc(C)cc2)c(OCc2ccccc2)c1. The molecule has 1 N–H and O–H groups in total. The second kappa shape index (κ2) is 20.5. The summed E-state index contributed by atoms with van der Waals surface area (Å²) in [6.07, 6.45) is 1.56. The Hall–Kier alpha value is -5.10. The van der Waals surface area contributed by atoms with Crippen LogP contribution in [0.3, 0.4) is 0 Å². The van der Waals surface area contributed by atoms with E-state index in [-0.39, 0.29) is 27.0 Å². The monoisotopic (exact) mass is 844 g/mol. The number of aryl methyl sites for hydroxylation is 4. The third-order valence-corrected chi connectivity index (χ3v) is 11.2. The molecule has 0 aliphatic carbocycles. The number of phenolic OH excluding ortho intramolecular Hbond substituents is 1. The van der Waals surface area contributed by atoms with E-state index in [1.165, 1.54) is 42.0 Å². The number of aromatic hydroxyl groups is 1. The van der Waals surface area contributed by atoms with Crippen LogP contribution in [-0.4, -0.2) is 21.9 Å². The van der Waals surface area contributed by atoms with Gasteiger partial charge >= 0.3 is 20.2 Å². The molecule has 0 atom stereocenters. The van der Waals surface area contributed by atoms with Crippen LogP contribution in [0.4, 0.5) is 0 Å². The van der Waals surface area contributed by atoms with Crippen LogP contribution in [0.2, 0.25) is 0 Å². The van der Waals surface area contributed by atoms with E-state index in [2.05, 4.69) is 28.1 Å². The lowest BCUT2D eigenvalue weighted by Gasteiger charge is -2.14. The number of phenols is 1. The highest BCUT2D eigenvalue weighted by Crippen LogP contribution is 2.33. The molecule has 6 aromatic rings. The lowest BCUT2D eigenvalue weighted by Crippen LogP contribution is -2.11. The molecule has 6 aromatic carbocycles. The summed E-state index contributed by atoms with van der Waals surface area (Å²) in [6, 6.07) is 42.9. The zero-order valence-corrected chi connectivity index (χ0v) is 34.4. The predicted molar refractivity (Wildman–Crippen MR) is 221 cm³/mol. The normalized spacial score (nSPS) is 10.9. The summed E-state index contributed by atoms with van der Waals surface area (Å²) in [4.78, 5) is 0.170. The van der Waals surface area contributed by atoms with Gasteiger partial charge in [-0.15, -0.1) is 0 Å². The Morgan fingerprint density at radius 1 is 0.509 bits per heavy atom. The van der Waals surface area contributed by atoms with Crippen molar-refractivity contribution in [3.8, 4) is 23.0 Å². The number of hydrogen-bond acceptors (Lipinski definition) is 8. The van der Waals surface area contributed by atoms with Crippen LogP contribution in [0.15, 0.2) is 155 Å². The first-order valence-electron chi connectivity index (χ1n) is 17.6. The van der Waals surface area contributed by atoms with Crippen molar-refractivity contribution in [2.75, 3.05) is 0 Å². The molecule has 0 radical (unpaired) electrons. The lowest BCUT2D eigenvalue weighted by atomic mass is 10.1. The summed E-state index contributed by atoms with van der Waals surface area (Å²) in [6.45, 7) is 8.07. The topological polar surface area (TPSA) is 116 Å². The Bertz CT molecular complexity index is 2320. The van der Waals surface area contributed by atoms with E-state index in [9.17, 15) is 21.9 Å². The number of ether oxygens (including phenoxy) is 1. The number of benzene rings is 6. The average molecular weight is 846 g/mol. The zero-order valence-electron chi connectivity index (χ0n) is 31.2. The smallest absolute Gasteiger partial charge is 0.339 e. The van der Waals surface area contributed by atoms with Gasteiger partial charge in [0.2, 0.25) is 0 Å². The maximum absolute atomic E-state index is 12.6. The molecular weight excluding hydrogens is 801 g/mol. The molecule has 0 spiro atoms. The van der Waals surface area contributed by atoms with E-state index < -0.39 is 20.2 Å². The van der Waals surface area contributed by atoms with Gasteiger partial charge in [0.05, 0.1) is 0 Å². The maximum atomic E-state index is 12.6. The first-order valence-corrected chi connectivity index (χ1v) is 21.5. The number of halogens is 1. The highest BCUT2D eigenvalue weighted by molar-refractivity contribution is 9.08. The molecule has 0 fully saturated rings. The van der Waals surface area contributed by atoms with Gasteiger partial charge in [0.25, 0.3) is 0 Å². The van der Waals surface area contributed by atoms with Gasteiger partial charge in [-0.05, 0) is 97.5 Å². The van der Waals surface area contributed by atoms with E-state index in [1.54, 1.807) is 36.4 Å². The fourth-order valence-corrected chi connectivity index (χ4v) is 7.11. The zero-order chi connectivity index (χ0) is 39.8. The van der Waals surface area contributed by atoms with Gasteiger partial charge in [0.15, 0.2) is 23.0 Å². The Morgan fingerprint density at radius 3 is 1.38 bits per heavy atom. The maximum Gasteiger partial charge on any atom is 0.339 e. The van der Waals surface area contributed by atoms with Crippen LogP contribution in [-0.2, 0) is 45.0 Å². The number of hydrogen-bond donors (Lipinski definition) is 1. The second-order valence-corrected chi connectivity index (χ2v) is 16.0. The minimum Gasteiger partial charge on any atom is -0.504 e. The van der Waals surface area contributed by atoms with E-state index >= 15 is 0 Å². The van der Waals surface area contributed by atoms with Crippen LogP contribution in [0.1, 0.15) is 47.2 Å². The standard InChI is InChI=1S/C22H22O4S.C15H16O4S.C7H7Br/c1-3-18-11-14-21(22(15-18)25-16-19-7-5-4-6-8-19)26-27(23,24)20-12-9-17(2)10-13-20;1-3-12-6-9-15(14(16)10-12)19-20(17,18)13-7-4-11(2)5-8-13;8-6-7-4-2-1-3-5-7/h4-15H,3,16H2,1-2H3;4-10,16H,3H2,1-2H3;1-5H,6H2. The molecule has 0 bridgehead atoms. The van der Waals surface area contributed by atoms with Gasteiger partial charge < -0.3 is 18.2 Å². The van der Waals surface area contributed by atoms with Crippen molar-refractivity contribution in [1.29, 1.82) is 0 Å². The third kappa shape index (κ3) is 13.3. The van der Waals surface area contributed by atoms with Gasteiger partial charge in [0.1, 0.15) is 16.4 Å². The molecule has 0 aliphatic heterocycles. The molecule has 0 unspecified atom stereocenters. The van der Waals surface area contributed by atoms with Crippen LogP contribution >= 0.6 is 15.9 Å². The largest absolute Gasteiger partial charge is 0.504 e. The fourth-order valence-electron chi connectivity index (χ4n) is 4.85. The van der Waals surface area contributed by atoms with Crippen LogP contribution in [0.5, 0.6) is 23.0 Å². The molecule has 11 heteroatoms. The van der Waals surface area contributed by atoms with Crippen LogP contribution in [0.25, 0.3) is 0 Å². The molecule has 0 aromatic heterocycles. The Balaban J connectivity index is 0.000000209. The summed E-state index contributed by atoms with van der Waals surface area (Å²) < 4.78 is 65.7. The van der Waals surface area contributed by atoms with Gasteiger partial charge in [-0.3, -0.25) is 0 Å². The average Bonchev–Trinajstić information content (AvgIpc) is 3.19. The van der Waals surface area contributed by atoms with Gasteiger partial charge in [-0.1, -0.05) is 138 Å². The van der Waals surface area contributed by atoms with Crippen molar-refractivity contribution in [3.05, 3.63) is 179 Å². The minimum atomic E-state index is -3.94. The molecule has 8 nitrogen and oxygen atoms in total. The Kier molecular flexibility index (Phi) is 15.9. The summed E-state index contributed by atoms with van der Waals surface area (Å²) in [5, 5.41) is 10.7. The van der Waals surface area contributed by atoms with E-state index in [0.717, 1.165) is 46.0 Å². The molecule has 288 valence electrons. The summed E-state index contributed by atoms with van der Waals surface area (Å²) >= 11 is 3.36. The lowest BCUT2D eigenvalue weighted by molar-refractivity contribution is 0.296. The number of alkyl halides is 1. The highest BCUT2D eigenvalue weighted by atomic mass is 79.9. The quantitative estimate of drug-likeness (QED) is 0.0956. The molecular formula is C44H45BrO8S2. The van der Waals surface area contributed by atoms with Gasteiger partial charge in [0, 0.05) is 5.33 Å². The van der Waals surface area contributed by atoms with Gasteiger partial charge in [-0.25, -0.2) is 0 Å². The van der Waals surface area contributed by atoms with Crippen LogP contribution < -0.4 is 13.1 Å². The second-order valence-electron chi connectivity index (χ2n) is 12.4. The molecule has 6 rings (SSSR count). The minimum absolute atomic E-state index is 0.0575. The molecule has 0 saturated heterocycles.